The Kier molecular flexibility index (Phi) is 4.54. The fourth-order valence-electron chi connectivity index (χ4n) is 3.30. The quantitative estimate of drug-likeness (QED) is 0.381. The van der Waals surface area contributed by atoms with E-state index in [1.165, 1.54) is 0 Å². The average molecular weight is 418 g/mol. The highest BCUT2D eigenvalue weighted by Crippen LogP contribution is 2.22. The molecule has 158 valence electrons. The van der Waals surface area contributed by atoms with Crippen LogP contribution < -0.4 is 21.7 Å². The molecular weight excluding hydrogens is 396 g/mol. The van der Waals surface area contributed by atoms with Crippen LogP contribution in [0.5, 0.6) is 5.88 Å². The standard InChI is InChI=1S/C21H22N8O2/c1-11-3-6-15(22-9-11)12(2)24-17-8-18(25-14-4-5-14)29-19(27-17)13(10-23-29)7-16-20(30)28-21(31)26-16/h3,6-10,12,14,24,30H,4-5H2,1-2H3,(H2,26,28,31)/b13-7-,25-18?. The number of rotatable bonds is 5. The van der Waals surface area contributed by atoms with Crippen molar-refractivity contribution < 1.29 is 5.11 Å². The number of imidazole rings is 1. The second kappa shape index (κ2) is 7.38. The van der Waals surface area contributed by atoms with E-state index >= 15 is 0 Å². The second-order valence-electron chi connectivity index (χ2n) is 7.81. The van der Waals surface area contributed by atoms with Crippen molar-refractivity contribution in [1.82, 2.24) is 29.5 Å². The summed E-state index contributed by atoms with van der Waals surface area (Å²) in [4.78, 5) is 30.3. The zero-order valence-electron chi connectivity index (χ0n) is 17.1. The lowest BCUT2D eigenvalue weighted by Gasteiger charge is -2.14. The summed E-state index contributed by atoms with van der Waals surface area (Å²) in [6.45, 7) is 4.02. The third-order valence-electron chi connectivity index (χ3n) is 5.12. The maximum Gasteiger partial charge on any atom is 0.326 e. The Morgan fingerprint density at radius 3 is 2.84 bits per heavy atom. The number of fused-ring (bicyclic) bond motifs is 1. The number of aromatic amines is 2. The highest BCUT2D eigenvalue weighted by atomic mass is 16.3. The van der Waals surface area contributed by atoms with Gasteiger partial charge < -0.3 is 15.4 Å². The van der Waals surface area contributed by atoms with Crippen molar-refractivity contribution in [2.24, 2.45) is 4.99 Å². The molecule has 31 heavy (non-hydrogen) atoms. The molecule has 4 N–H and O–H groups in total. The van der Waals surface area contributed by atoms with Crippen molar-refractivity contribution in [3.8, 4) is 5.88 Å². The first-order chi connectivity index (χ1) is 15.0. The first-order valence-electron chi connectivity index (χ1n) is 10.1. The molecule has 0 saturated heterocycles. The molecule has 10 heteroatoms. The van der Waals surface area contributed by atoms with Gasteiger partial charge >= 0.3 is 5.69 Å². The minimum absolute atomic E-state index is 0.0650. The van der Waals surface area contributed by atoms with Crippen molar-refractivity contribution in [2.45, 2.75) is 38.8 Å². The number of H-pyrrole nitrogens is 2. The summed E-state index contributed by atoms with van der Waals surface area (Å²) in [5, 5.41) is 18.4. The molecular formula is C21H22N8O2. The van der Waals surface area contributed by atoms with E-state index in [-0.39, 0.29) is 17.6 Å². The zero-order valence-corrected chi connectivity index (χ0v) is 17.1. The lowest BCUT2D eigenvalue weighted by atomic mass is 10.2. The van der Waals surface area contributed by atoms with Crippen LogP contribution >= 0.6 is 0 Å². The Bertz CT molecular complexity index is 1430. The summed E-state index contributed by atoms with van der Waals surface area (Å²) in [6.07, 6.45) is 7.22. The Morgan fingerprint density at radius 2 is 2.16 bits per heavy atom. The Balaban J connectivity index is 1.61. The highest BCUT2D eigenvalue weighted by molar-refractivity contribution is 5.58. The van der Waals surface area contributed by atoms with Gasteiger partial charge in [-0.05, 0) is 44.4 Å². The molecule has 1 saturated carbocycles. The van der Waals surface area contributed by atoms with E-state index in [0.717, 1.165) is 24.1 Å². The van der Waals surface area contributed by atoms with Gasteiger partial charge in [0.15, 0.2) is 11.1 Å². The molecule has 10 nitrogen and oxygen atoms in total. The molecule has 0 aliphatic heterocycles. The van der Waals surface area contributed by atoms with E-state index in [2.05, 4.69) is 25.4 Å². The van der Waals surface area contributed by atoms with E-state index in [1.807, 2.05) is 38.2 Å². The van der Waals surface area contributed by atoms with Crippen molar-refractivity contribution in [2.75, 3.05) is 5.32 Å². The SMILES string of the molecule is Cc1ccc(C(C)Nc2cc(=NC3CC3)n3nc/c(=C/c4[nH]c(=O)[nH]c4O)c3n2)nc1. The lowest BCUT2D eigenvalue weighted by molar-refractivity contribution is 0.454. The third kappa shape index (κ3) is 3.91. The van der Waals surface area contributed by atoms with Crippen LogP contribution in [0.1, 0.15) is 42.8 Å². The van der Waals surface area contributed by atoms with Crippen molar-refractivity contribution >= 4 is 17.5 Å². The van der Waals surface area contributed by atoms with E-state index in [9.17, 15) is 9.90 Å². The topological polar surface area (TPSA) is 136 Å². The minimum atomic E-state index is -0.487. The maximum absolute atomic E-state index is 11.5. The molecule has 4 heterocycles. The summed E-state index contributed by atoms with van der Waals surface area (Å²) in [6, 6.07) is 6.13. The number of aromatic nitrogens is 6. The van der Waals surface area contributed by atoms with Crippen molar-refractivity contribution in [3.63, 3.8) is 0 Å². The number of aromatic hydroxyl groups is 1. The van der Waals surface area contributed by atoms with E-state index in [0.29, 0.717) is 28.2 Å². The minimum Gasteiger partial charge on any atom is -0.493 e. The molecule has 1 aliphatic rings. The van der Waals surface area contributed by atoms with Gasteiger partial charge in [0.2, 0.25) is 5.88 Å². The summed E-state index contributed by atoms with van der Waals surface area (Å²) >= 11 is 0. The van der Waals surface area contributed by atoms with Crippen LogP contribution in [0.4, 0.5) is 5.82 Å². The first kappa shape index (κ1) is 19.0. The van der Waals surface area contributed by atoms with Crippen LogP contribution in [-0.2, 0) is 0 Å². The molecule has 0 amide bonds. The summed E-state index contributed by atoms with van der Waals surface area (Å²) in [5.41, 5.74) is 3.05. The summed E-state index contributed by atoms with van der Waals surface area (Å²) in [5.74, 6) is 0.407. The lowest BCUT2D eigenvalue weighted by Crippen LogP contribution is -2.21. The van der Waals surface area contributed by atoms with Crippen LogP contribution in [0.3, 0.4) is 0 Å². The van der Waals surface area contributed by atoms with E-state index < -0.39 is 5.69 Å². The number of nitrogens with zero attached hydrogens (tertiary/aromatic N) is 5. The largest absolute Gasteiger partial charge is 0.493 e. The van der Waals surface area contributed by atoms with Gasteiger partial charge in [-0.3, -0.25) is 15.0 Å². The summed E-state index contributed by atoms with van der Waals surface area (Å²) in [7, 11) is 0. The molecule has 0 radical (unpaired) electrons. The molecule has 1 atom stereocenters. The smallest absolute Gasteiger partial charge is 0.326 e. The van der Waals surface area contributed by atoms with Gasteiger partial charge in [-0.1, -0.05) is 6.07 Å². The molecule has 1 aliphatic carbocycles. The maximum atomic E-state index is 11.5. The fraction of sp³-hybridized carbons (Fsp3) is 0.286. The van der Waals surface area contributed by atoms with Crippen LogP contribution in [0, 0.1) is 6.92 Å². The van der Waals surface area contributed by atoms with Gasteiger partial charge in [0.05, 0.1) is 24.0 Å². The van der Waals surface area contributed by atoms with Crippen LogP contribution in [0.15, 0.2) is 40.4 Å². The number of pyridine rings is 1. The van der Waals surface area contributed by atoms with Crippen molar-refractivity contribution in [1.29, 1.82) is 0 Å². The number of nitrogens with one attached hydrogen (secondary N) is 3. The molecule has 1 unspecified atom stereocenters. The molecule has 0 aromatic carbocycles. The molecule has 1 fully saturated rings. The Hall–Kier alpha value is -3.95. The van der Waals surface area contributed by atoms with E-state index in [1.54, 1.807) is 16.8 Å². The Labute approximate surface area is 176 Å². The van der Waals surface area contributed by atoms with Gasteiger partial charge in [0, 0.05) is 17.5 Å². The van der Waals surface area contributed by atoms with Gasteiger partial charge in [-0.2, -0.15) is 9.61 Å². The molecule has 4 aromatic rings. The predicted molar refractivity (Wildman–Crippen MR) is 114 cm³/mol. The number of hydrogen-bond donors (Lipinski definition) is 4. The first-order valence-corrected chi connectivity index (χ1v) is 10.1. The van der Waals surface area contributed by atoms with Gasteiger partial charge in [-0.15, -0.1) is 0 Å². The number of anilines is 1. The molecule has 0 bridgehead atoms. The molecule has 4 aromatic heterocycles. The summed E-state index contributed by atoms with van der Waals surface area (Å²) < 4.78 is 1.67. The number of hydrogen-bond acceptors (Lipinski definition) is 7. The monoisotopic (exact) mass is 418 g/mol. The van der Waals surface area contributed by atoms with Gasteiger partial charge in [0.1, 0.15) is 11.5 Å². The van der Waals surface area contributed by atoms with Crippen molar-refractivity contribution in [3.05, 3.63) is 68.7 Å². The van der Waals surface area contributed by atoms with E-state index in [4.69, 9.17) is 9.98 Å². The normalized spacial score (nSPS) is 16.2. The molecule has 0 spiro atoms. The molecule has 5 rings (SSSR count). The fourth-order valence-corrected chi connectivity index (χ4v) is 3.30. The van der Waals surface area contributed by atoms with Crippen LogP contribution in [-0.4, -0.2) is 40.7 Å². The Morgan fingerprint density at radius 1 is 1.32 bits per heavy atom. The van der Waals surface area contributed by atoms with Gasteiger partial charge in [0.25, 0.3) is 0 Å². The number of aryl methyl sites for hydroxylation is 1. The zero-order chi connectivity index (χ0) is 21.5. The average Bonchev–Trinajstić information content (AvgIpc) is 3.37. The third-order valence-corrected chi connectivity index (χ3v) is 5.12. The highest BCUT2D eigenvalue weighted by Gasteiger charge is 2.20. The van der Waals surface area contributed by atoms with Gasteiger partial charge in [-0.25, -0.2) is 9.78 Å². The van der Waals surface area contributed by atoms with Crippen LogP contribution in [0.2, 0.25) is 0 Å². The predicted octanol–water partition coefficient (Wildman–Crippen LogP) is 0.939. The second-order valence-corrected chi connectivity index (χ2v) is 7.81. The van der Waals surface area contributed by atoms with Crippen LogP contribution in [0.25, 0.3) is 11.7 Å².